The fourth-order valence-electron chi connectivity index (χ4n) is 2.53. The molecule has 0 amide bonds. The lowest BCUT2D eigenvalue weighted by molar-refractivity contribution is 0.249. The summed E-state index contributed by atoms with van der Waals surface area (Å²) in [5.41, 5.74) is 1.39. The maximum Gasteiger partial charge on any atom is 0.208 e. The summed E-state index contributed by atoms with van der Waals surface area (Å²) in [6.45, 7) is 9.64. The maximum atomic E-state index is 4.35. The molecule has 1 saturated heterocycles. The molecule has 0 aliphatic carbocycles. The molecule has 0 spiro atoms. The van der Waals surface area contributed by atoms with E-state index in [2.05, 4.69) is 64.2 Å². The second-order valence-electron chi connectivity index (χ2n) is 5.83. The van der Waals surface area contributed by atoms with Crippen molar-refractivity contribution in [3.63, 3.8) is 0 Å². The lowest BCUT2D eigenvalue weighted by Gasteiger charge is -2.34. The predicted molar refractivity (Wildman–Crippen MR) is 87.9 cm³/mol. The minimum absolute atomic E-state index is 0.468. The third kappa shape index (κ3) is 3.60. The second-order valence-corrected chi connectivity index (χ2v) is 6.81. The van der Waals surface area contributed by atoms with Gasteiger partial charge in [-0.3, -0.25) is 4.90 Å². The van der Waals surface area contributed by atoms with E-state index >= 15 is 0 Å². The number of rotatable bonds is 4. The zero-order chi connectivity index (χ0) is 14.7. The molecule has 1 fully saturated rings. The Balaban J connectivity index is 1.55. The highest BCUT2D eigenvalue weighted by Crippen LogP contribution is 2.26. The smallest absolute Gasteiger partial charge is 0.208 e. The van der Waals surface area contributed by atoms with Crippen LogP contribution in [0, 0.1) is 0 Å². The van der Waals surface area contributed by atoms with Crippen molar-refractivity contribution < 1.29 is 0 Å². The van der Waals surface area contributed by atoms with Crippen LogP contribution in [0.15, 0.2) is 30.3 Å². The van der Waals surface area contributed by atoms with Gasteiger partial charge in [-0.25, -0.2) is 0 Å². The first-order chi connectivity index (χ1) is 10.2. The predicted octanol–water partition coefficient (Wildman–Crippen LogP) is 2.98. The molecule has 4 nitrogen and oxygen atoms in total. The Morgan fingerprint density at radius 3 is 2.38 bits per heavy atom. The van der Waals surface area contributed by atoms with Gasteiger partial charge in [0.15, 0.2) is 0 Å². The molecule has 2 heterocycles. The van der Waals surface area contributed by atoms with E-state index < -0.39 is 0 Å². The molecule has 1 aromatic heterocycles. The first-order valence-electron chi connectivity index (χ1n) is 7.57. The molecule has 0 bridgehead atoms. The van der Waals surface area contributed by atoms with Crippen LogP contribution in [0.25, 0.3) is 0 Å². The topological polar surface area (TPSA) is 32.3 Å². The van der Waals surface area contributed by atoms with E-state index in [9.17, 15) is 0 Å². The van der Waals surface area contributed by atoms with Crippen molar-refractivity contribution >= 4 is 16.5 Å². The van der Waals surface area contributed by atoms with E-state index in [1.54, 1.807) is 11.3 Å². The summed E-state index contributed by atoms with van der Waals surface area (Å²) < 4.78 is 0. The Morgan fingerprint density at radius 2 is 1.76 bits per heavy atom. The van der Waals surface area contributed by atoms with Gasteiger partial charge in [-0.15, -0.1) is 10.2 Å². The fourth-order valence-corrected chi connectivity index (χ4v) is 3.42. The summed E-state index contributed by atoms with van der Waals surface area (Å²) in [5.74, 6) is 0.468. The Morgan fingerprint density at radius 1 is 1.05 bits per heavy atom. The molecule has 0 saturated carbocycles. The number of hydrogen-bond acceptors (Lipinski definition) is 5. The van der Waals surface area contributed by atoms with Crippen LogP contribution in [-0.4, -0.2) is 41.3 Å². The zero-order valence-electron chi connectivity index (χ0n) is 12.7. The van der Waals surface area contributed by atoms with Crippen LogP contribution >= 0.6 is 11.3 Å². The minimum Gasteiger partial charge on any atom is -0.344 e. The number of hydrogen-bond donors (Lipinski definition) is 0. The quantitative estimate of drug-likeness (QED) is 0.869. The van der Waals surface area contributed by atoms with Gasteiger partial charge in [-0.2, -0.15) is 0 Å². The van der Waals surface area contributed by atoms with Crippen molar-refractivity contribution in [3.8, 4) is 0 Å². The summed E-state index contributed by atoms with van der Waals surface area (Å²) in [5, 5.41) is 10.9. The summed E-state index contributed by atoms with van der Waals surface area (Å²) in [7, 11) is 0. The highest BCUT2D eigenvalue weighted by Gasteiger charge is 2.20. The largest absolute Gasteiger partial charge is 0.344 e. The van der Waals surface area contributed by atoms with Gasteiger partial charge in [0.1, 0.15) is 5.01 Å². The van der Waals surface area contributed by atoms with Gasteiger partial charge in [0.05, 0.1) is 0 Å². The molecule has 3 rings (SSSR count). The summed E-state index contributed by atoms with van der Waals surface area (Å²) in [6.07, 6.45) is 0. The molecule has 1 aliphatic heterocycles. The first-order valence-corrected chi connectivity index (χ1v) is 8.38. The molecule has 1 aromatic carbocycles. The van der Waals surface area contributed by atoms with E-state index in [-0.39, 0.29) is 0 Å². The van der Waals surface area contributed by atoms with Crippen molar-refractivity contribution in [1.82, 2.24) is 15.1 Å². The van der Waals surface area contributed by atoms with E-state index in [0.29, 0.717) is 5.92 Å². The van der Waals surface area contributed by atoms with Crippen LogP contribution in [0.5, 0.6) is 0 Å². The molecule has 5 heteroatoms. The third-order valence-corrected chi connectivity index (χ3v) is 5.10. The molecule has 21 heavy (non-hydrogen) atoms. The molecule has 0 unspecified atom stereocenters. The van der Waals surface area contributed by atoms with Crippen LogP contribution in [0.4, 0.5) is 5.13 Å². The normalized spacial score (nSPS) is 16.6. The lowest BCUT2D eigenvalue weighted by atomic mass is 10.2. The molecular formula is C16H22N4S. The SMILES string of the molecule is CC(C)c1nnc(N2CCN(Cc3ccccc3)CC2)s1. The van der Waals surface area contributed by atoms with Crippen molar-refractivity contribution in [2.45, 2.75) is 26.3 Å². The van der Waals surface area contributed by atoms with Gasteiger partial charge < -0.3 is 4.90 Å². The molecule has 2 aromatic rings. The number of benzene rings is 1. The van der Waals surface area contributed by atoms with Crippen molar-refractivity contribution in [2.24, 2.45) is 0 Å². The number of nitrogens with zero attached hydrogens (tertiary/aromatic N) is 4. The zero-order valence-corrected chi connectivity index (χ0v) is 13.5. The Labute approximate surface area is 130 Å². The highest BCUT2D eigenvalue weighted by atomic mass is 32.1. The van der Waals surface area contributed by atoms with Crippen molar-refractivity contribution in [2.75, 3.05) is 31.1 Å². The average Bonchev–Trinajstić information content (AvgIpc) is 2.99. The lowest BCUT2D eigenvalue weighted by Crippen LogP contribution is -2.45. The molecular weight excluding hydrogens is 280 g/mol. The fraction of sp³-hybridized carbons (Fsp3) is 0.500. The molecule has 0 radical (unpaired) electrons. The van der Waals surface area contributed by atoms with Crippen molar-refractivity contribution in [3.05, 3.63) is 40.9 Å². The van der Waals surface area contributed by atoms with Gasteiger partial charge in [-0.1, -0.05) is 55.5 Å². The molecule has 0 N–H and O–H groups in total. The maximum absolute atomic E-state index is 4.35. The molecule has 1 aliphatic rings. The van der Waals surface area contributed by atoms with E-state index in [1.807, 2.05) is 0 Å². The number of aromatic nitrogens is 2. The number of anilines is 1. The summed E-state index contributed by atoms with van der Waals surface area (Å²) in [4.78, 5) is 4.88. The number of piperazine rings is 1. The summed E-state index contributed by atoms with van der Waals surface area (Å²) >= 11 is 1.74. The van der Waals surface area contributed by atoms with Crippen LogP contribution in [0.1, 0.15) is 30.3 Å². The Bertz CT molecular complexity index is 559. The summed E-state index contributed by atoms with van der Waals surface area (Å²) in [6, 6.07) is 10.7. The molecule has 112 valence electrons. The van der Waals surface area contributed by atoms with Gasteiger partial charge >= 0.3 is 0 Å². The first kappa shape index (κ1) is 14.5. The van der Waals surface area contributed by atoms with E-state index in [0.717, 1.165) is 42.9 Å². The Hall–Kier alpha value is -1.46. The van der Waals surface area contributed by atoms with Crippen LogP contribution in [0.3, 0.4) is 0 Å². The van der Waals surface area contributed by atoms with Gasteiger partial charge in [-0.05, 0) is 5.56 Å². The van der Waals surface area contributed by atoms with Crippen LogP contribution < -0.4 is 4.90 Å². The monoisotopic (exact) mass is 302 g/mol. The minimum atomic E-state index is 0.468. The van der Waals surface area contributed by atoms with Gasteiger partial charge in [0.2, 0.25) is 5.13 Å². The van der Waals surface area contributed by atoms with E-state index in [1.165, 1.54) is 5.56 Å². The average molecular weight is 302 g/mol. The third-order valence-electron chi connectivity index (χ3n) is 3.82. The Kier molecular flexibility index (Phi) is 4.51. The van der Waals surface area contributed by atoms with Crippen LogP contribution in [-0.2, 0) is 6.54 Å². The van der Waals surface area contributed by atoms with Gasteiger partial charge in [0, 0.05) is 38.6 Å². The second kappa shape index (κ2) is 6.54. The van der Waals surface area contributed by atoms with Gasteiger partial charge in [0.25, 0.3) is 0 Å². The van der Waals surface area contributed by atoms with E-state index in [4.69, 9.17) is 0 Å². The molecule has 0 atom stereocenters. The standard InChI is InChI=1S/C16H22N4S/c1-13(2)15-17-18-16(21-15)20-10-8-19(9-11-20)12-14-6-4-3-5-7-14/h3-7,13H,8-12H2,1-2H3. The van der Waals surface area contributed by atoms with Crippen LogP contribution in [0.2, 0.25) is 0 Å². The van der Waals surface area contributed by atoms with Crippen molar-refractivity contribution in [1.29, 1.82) is 0 Å². The highest BCUT2D eigenvalue weighted by molar-refractivity contribution is 7.15.